The Bertz CT molecular complexity index is 238. The summed E-state index contributed by atoms with van der Waals surface area (Å²) in [6.07, 6.45) is 8.39. The molecule has 0 heterocycles. The fraction of sp³-hybridized carbons (Fsp3) is 0.800. The van der Waals surface area contributed by atoms with Gasteiger partial charge in [0.2, 0.25) is 5.91 Å². The molecule has 0 rings (SSSR count). The van der Waals surface area contributed by atoms with Gasteiger partial charge in [0.25, 0.3) is 0 Å². The molecule has 0 aromatic rings. The second kappa shape index (κ2) is 9.10. The predicted molar refractivity (Wildman–Crippen MR) is 73.6 cm³/mol. The maximum absolute atomic E-state index is 12.0. The van der Waals surface area contributed by atoms with E-state index in [1.807, 2.05) is 4.90 Å². The van der Waals surface area contributed by atoms with Crippen LogP contribution in [0.2, 0.25) is 0 Å². The maximum Gasteiger partial charge on any atom is 0.223 e. The van der Waals surface area contributed by atoms with Crippen LogP contribution in [0.15, 0.2) is 0 Å². The molecule has 0 fully saturated rings. The summed E-state index contributed by atoms with van der Waals surface area (Å²) in [5.74, 6) is 4.02. The first-order valence-electron chi connectivity index (χ1n) is 6.68. The summed E-state index contributed by atoms with van der Waals surface area (Å²) in [6, 6.07) is 0. The Morgan fingerprint density at radius 3 is 1.94 bits per heavy atom. The van der Waals surface area contributed by atoms with Gasteiger partial charge in [-0.1, -0.05) is 27.7 Å². The lowest BCUT2D eigenvalue weighted by Gasteiger charge is -2.24. The summed E-state index contributed by atoms with van der Waals surface area (Å²) in [7, 11) is 0. The minimum absolute atomic E-state index is 0.212. The van der Waals surface area contributed by atoms with Gasteiger partial charge in [-0.15, -0.1) is 12.3 Å². The average molecular weight is 237 g/mol. The zero-order valence-corrected chi connectivity index (χ0v) is 11.8. The molecule has 0 radical (unpaired) electrons. The van der Waals surface area contributed by atoms with Crippen LogP contribution in [0.5, 0.6) is 0 Å². The molecule has 0 aliphatic rings. The smallest absolute Gasteiger partial charge is 0.223 e. The summed E-state index contributed by atoms with van der Waals surface area (Å²) in [4.78, 5) is 13.9. The van der Waals surface area contributed by atoms with Gasteiger partial charge in [-0.2, -0.15) is 0 Å². The Balaban J connectivity index is 4.18. The van der Waals surface area contributed by atoms with Crippen LogP contribution >= 0.6 is 0 Å². The number of nitrogens with zero attached hydrogens (tertiary/aromatic N) is 1. The first-order chi connectivity index (χ1) is 7.97. The third-order valence-corrected chi connectivity index (χ3v) is 2.79. The number of terminal acetylenes is 1. The van der Waals surface area contributed by atoms with E-state index in [4.69, 9.17) is 6.42 Å². The second-order valence-electron chi connectivity index (χ2n) is 5.45. The highest BCUT2D eigenvalue weighted by Crippen LogP contribution is 2.08. The van der Waals surface area contributed by atoms with Crippen LogP contribution < -0.4 is 0 Å². The van der Waals surface area contributed by atoms with Crippen LogP contribution in [0.3, 0.4) is 0 Å². The Labute approximate surface area is 107 Å². The molecule has 0 aromatic heterocycles. The fourth-order valence-electron chi connectivity index (χ4n) is 1.53. The van der Waals surface area contributed by atoms with Crippen LogP contribution in [-0.2, 0) is 4.79 Å². The van der Waals surface area contributed by atoms with Gasteiger partial charge in [0, 0.05) is 25.9 Å². The summed E-state index contributed by atoms with van der Waals surface area (Å²) in [5.41, 5.74) is 0. The highest BCUT2D eigenvalue weighted by atomic mass is 16.2. The number of carbonyl (C=O) groups is 1. The van der Waals surface area contributed by atoms with Gasteiger partial charge in [-0.05, 0) is 24.7 Å². The van der Waals surface area contributed by atoms with Gasteiger partial charge in [0.15, 0.2) is 0 Å². The van der Waals surface area contributed by atoms with Crippen molar-refractivity contribution in [1.29, 1.82) is 0 Å². The van der Waals surface area contributed by atoms with Gasteiger partial charge < -0.3 is 4.90 Å². The molecule has 0 spiro atoms. The maximum atomic E-state index is 12.0. The fourth-order valence-corrected chi connectivity index (χ4v) is 1.53. The van der Waals surface area contributed by atoms with Crippen molar-refractivity contribution >= 4 is 5.91 Å². The molecule has 0 aliphatic carbocycles. The predicted octanol–water partition coefficient (Wildman–Crippen LogP) is 3.32. The van der Waals surface area contributed by atoms with Crippen molar-refractivity contribution in [2.45, 2.75) is 53.4 Å². The SMILES string of the molecule is C#CCCC(=O)N(CCC(C)C)CCC(C)C. The molecule has 0 saturated heterocycles. The molecule has 0 atom stereocenters. The first kappa shape index (κ1) is 16.0. The molecule has 17 heavy (non-hydrogen) atoms. The van der Waals surface area contributed by atoms with Gasteiger partial charge in [0.05, 0.1) is 0 Å². The molecule has 1 amide bonds. The Morgan fingerprint density at radius 2 is 1.59 bits per heavy atom. The largest absolute Gasteiger partial charge is 0.343 e. The number of hydrogen-bond donors (Lipinski definition) is 0. The van der Waals surface area contributed by atoms with Crippen molar-refractivity contribution in [2.24, 2.45) is 11.8 Å². The van der Waals surface area contributed by atoms with E-state index in [1.165, 1.54) is 0 Å². The van der Waals surface area contributed by atoms with Crippen molar-refractivity contribution in [2.75, 3.05) is 13.1 Å². The highest BCUT2D eigenvalue weighted by molar-refractivity contribution is 5.76. The van der Waals surface area contributed by atoms with E-state index in [0.717, 1.165) is 25.9 Å². The lowest BCUT2D eigenvalue weighted by atomic mass is 10.1. The van der Waals surface area contributed by atoms with Gasteiger partial charge in [-0.3, -0.25) is 4.79 Å². The minimum atomic E-state index is 0.212. The van der Waals surface area contributed by atoms with Crippen LogP contribution in [0.4, 0.5) is 0 Å². The summed E-state index contributed by atoms with van der Waals surface area (Å²) < 4.78 is 0. The monoisotopic (exact) mass is 237 g/mol. The summed E-state index contributed by atoms with van der Waals surface area (Å²) in [5, 5.41) is 0. The topological polar surface area (TPSA) is 20.3 Å². The third-order valence-electron chi connectivity index (χ3n) is 2.79. The van der Waals surface area contributed by atoms with Gasteiger partial charge in [-0.25, -0.2) is 0 Å². The normalized spacial score (nSPS) is 10.6. The molecule has 0 aromatic carbocycles. The molecule has 0 bridgehead atoms. The molecule has 0 saturated carbocycles. The summed E-state index contributed by atoms with van der Waals surface area (Å²) >= 11 is 0. The van der Waals surface area contributed by atoms with E-state index in [9.17, 15) is 4.79 Å². The van der Waals surface area contributed by atoms with E-state index in [2.05, 4.69) is 33.6 Å². The van der Waals surface area contributed by atoms with E-state index < -0.39 is 0 Å². The summed E-state index contributed by atoms with van der Waals surface area (Å²) in [6.45, 7) is 10.5. The molecule has 0 N–H and O–H groups in total. The molecule has 0 aliphatic heterocycles. The Kier molecular flexibility index (Phi) is 8.58. The van der Waals surface area contributed by atoms with Crippen molar-refractivity contribution in [3.63, 3.8) is 0 Å². The van der Waals surface area contributed by atoms with Crippen molar-refractivity contribution in [3.05, 3.63) is 0 Å². The van der Waals surface area contributed by atoms with Gasteiger partial charge >= 0.3 is 0 Å². The van der Waals surface area contributed by atoms with Gasteiger partial charge in [0.1, 0.15) is 0 Å². The van der Waals surface area contributed by atoms with E-state index in [-0.39, 0.29) is 5.91 Å². The van der Waals surface area contributed by atoms with Crippen LogP contribution in [-0.4, -0.2) is 23.9 Å². The average Bonchev–Trinajstić information content (AvgIpc) is 2.25. The quantitative estimate of drug-likeness (QED) is 0.593. The Hall–Kier alpha value is -0.970. The van der Waals surface area contributed by atoms with Crippen molar-refractivity contribution in [1.82, 2.24) is 4.90 Å². The first-order valence-corrected chi connectivity index (χ1v) is 6.68. The van der Waals surface area contributed by atoms with Crippen LogP contribution in [0, 0.1) is 24.2 Å². The highest BCUT2D eigenvalue weighted by Gasteiger charge is 2.13. The van der Waals surface area contributed by atoms with E-state index in [1.54, 1.807) is 0 Å². The minimum Gasteiger partial charge on any atom is -0.343 e. The standard InChI is InChI=1S/C15H27NO/c1-6-7-8-15(17)16(11-9-13(2)3)12-10-14(4)5/h1,13-14H,7-12H2,2-5H3. The van der Waals surface area contributed by atoms with Crippen LogP contribution in [0.25, 0.3) is 0 Å². The molecule has 2 nitrogen and oxygen atoms in total. The number of amides is 1. The zero-order chi connectivity index (χ0) is 13.3. The number of rotatable bonds is 8. The second-order valence-corrected chi connectivity index (χ2v) is 5.45. The molecular weight excluding hydrogens is 210 g/mol. The third kappa shape index (κ3) is 8.80. The molecule has 98 valence electrons. The molecule has 0 unspecified atom stereocenters. The lowest BCUT2D eigenvalue weighted by molar-refractivity contribution is -0.131. The van der Waals surface area contributed by atoms with E-state index in [0.29, 0.717) is 24.7 Å². The molecular formula is C15H27NO. The lowest BCUT2D eigenvalue weighted by Crippen LogP contribution is -2.33. The van der Waals surface area contributed by atoms with Crippen molar-refractivity contribution in [3.8, 4) is 12.3 Å². The molecule has 2 heteroatoms. The zero-order valence-electron chi connectivity index (χ0n) is 11.8. The number of carbonyl (C=O) groups excluding carboxylic acids is 1. The van der Waals surface area contributed by atoms with Crippen LogP contribution in [0.1, 0.15) is 53.4 Å². The van der Waals surface area contributed by atoms with Crippen molar-refractivity contribution < 1.29 is 4.79 Å². The number of hydrogen-bond acceptors (Lipinski definition) is 1. The van der Waals surface area contributed by atoms with E-state index >= 15 is 0 Å². The Morgan fingerprint density at radius 1 is 1.12 bits per heavy atom.